The molecular weight excluding hydrogens is 303 g/mol. The number of rotatable bonds is 6. The summed E-state index contributed by atoms with van der Waals surface area (Å²) in [5.74, 6) is 0. The molecule has 1 aromatic carbocycles. The summed E-state index contributed by atoms with van der Waals surface area (Å²) >= 11 is 17.4. The van der Waals surface area contributed by atoms with Gasteiger partial charge in [-0.2, -0.15) is 0 Å². The second-order valence-corrected chi connectivity index (χ2v) is 5.62. The molecule has 3 nitrogen and oxygen atoms in total. The summed E-state index contributed by atoms with van der Waals surface area (Å²) in [4.78, 5) is 3.16. The molecule has 1 aromatic heterocycles. The number of nitrogens with zero attached hydrogens (tertiary/aromatic N) is 1. The summed E-state index contributed by atoms with van der Waals surface area (Å²) in [5.41, 5.74) is 1.93. The van der Waals surface area contributed by atoms with Gasteiger partial charge in [0.2, 0.25) is 0 Å². The van der Waals surface area contributed by atoms with Gasteiger partial charge in [-0.25, -0.2) is 0 Å². The van der Waals surface area contributed by atoms with E-state index in [1.54, 1.807) is 7.11 Å². The van der Waals surface area contributed by atoms with E-state index in [2.05, 4.69) is 9.55 Å². The summed E-state index contributed by atoms with van der Waals surface area (Å²) in [5, 5.41) is 1.09. The molecule has 1 N–H and O–H groups in total. The second-order valence-electron chi connectivity index (χ2n) is 4.42. The fourth-order valence-corrected chi connectivity index (χ4v) is 2.69. The average Bonchev–Trinajstić information content (AvgIpc) is 2.66. The third kappa shape index (κ3) is 3.51. The fraction of sp³-hybridized carbons (Fsp3) is 0.462. The predicted molar refractivity (Wildman–Crippen MR) is 82.9 cm³/mol. The largest absolute Gasteiger partial charge is 0.385 e. The zero-order valence-corrected chi connectivity index (χ0v) is 13.0. The van der Waals surface area contributed by atoms with Crippen molar-refractivity contribution < 1.29 is 4.74 Å². The van der Waals surface area contributed by atoms with Gasteiger partial charge in [-0.15, -0.1) is 0 Å². The molecule has 0 aliphatic heterocycles. The van der Waals surface area contributed by atoms with Crippen LogP contribution in [0.1, 0.15) is 19.3 Å². The van der Waals surface area contributed by atoms with E-state index in [-0.39, 0.29) is 0 Å². The Bertz CT molecular complexity index is 621. The topological polar surface area (TPSA) is 29.9 Å². The van der Waals surface area contributed by atoms with Gasteiger partial charge in [0, 0.05) is 20.3 Å². The molecule has 19 heavy (non-hydrogen) atoms. The van der Waals surface area contributed by atoms with Gasteiger partial charge in [0.15, 0.2) is 4.77 Å². The molecule has 1 heterocycles. The number of hydrogen-bond acceptors (Lipinski definition) is 2. The Balaban J connectivity index is 2.16. The third-order valence-corrected chi connectivity index (χ3v) is 4.09. The monoisotopic (exact) mass is 318 g/mol. The number of H-pyrrole nitrogens is 1. The van der Waals surface area contributed by atoms with Crippen LogP contribution in [0.2, 0.25) is 10.0 Å². The van der Waals surface area contributed by atoms with Gasteiger partial charge < -0.3 is 14.3 Å². The van der Waals surface area contributed by atoms with Gasteiger partial charge in [-0.1, -0.05) is 23.2 Å². The Morgan fingerprint density at radius 2 is 1.95 bits per heavy atom. The molecule has 0 radical (unpaired) electrons. The van der Waals surface area contributed by atoms with Crippen molar-refractivity contribution in [3.8, 4) is 0 Å². The van der Waals surface area contributed by atoms with E-state index in [9.17, 15) is 0 Å². The van der Waals surface area contributed by atoms with Crippen LogP contribution in [-0.4, -0.2) is 23.3 Å². The number of aryl methyl sites for hydroxylation is 1. The van der Waals surface area contributed by atoms with Crippen molar-refractivity contribution in [1.82, 2.24) is 9.55 Å². The van der Waals surface area contributed by atoms with Crippen LogP contribution in [0.15, 0.2) is 12.1 Å². The maximum atomic E-state index is 6.06. The summed E-state index contributed by atoms with van der Waals surface area (Å²) < 4.78 is 7.81. The van der Waals surface area contributed by atoms with Crippen LogP contribution < -0.4 is 0 Å². The molecule has 0 saturated carbocycles. The highest BCUT2D eigenvalue weighted by molar-refractivity contribution is 7.71. The summed E-state index contributed by atoms with van der Waals surface area (Å²) in [6.07, 6.45) is 3.24. The number of ether oxygens (including phenoxy) is 1. The minimum atomic E-state index is 0.540. The summed E-state index contributed by atoms with van der Waals surface area (Å²) in [6.45, 7) is 1.68. The van der Waals surface area contributed by atoms with Gasteiger partial charge >= 0.3 is 0 Å². The maximum absolute atomic E-state index is 6.06. The van der Waals surface area contributed by atoms with Crippen molar-refractivity contribution in [3.05, 3.63) is 26.9 Å². The number of aromatic nitrogens is 2. The van der Waals surface area contributed by atoms with E-state index in [0.29, 0.717) is 14.8 Å². The first-order chi connectivity index (χ1) is 9.13. The molecule has 0 spiro atoms. The van der Waals surface area contributed by atoms with E-state index in [0.717, 1.165) is 43.4 Å². The lowest BCUT2D eigenvalue weighted by atomic mass is 10.2. The molecule has 0 atom stereocenters. The molecule has 0 bridgehead atoms. The predicted octanol–water partition coefficient (Wildman–Crippen LogP) is 4.82. The van der Waals surface area contributed by atoms with E-state index in [4.69, 9.17) is 40.2 Å². The van der Waals surface area contributed by atoms with Crippen molar-refractivity contribution in [2.45, 2.75) is 25.8 Å². The minimum Gasteiger partial charge on any atom is -0.385 e. The van der Waals surface area contributed by atoms with Crippen molar-refractivity contribution in [1.29, 1.82) is 0 Å². The molecule has 0 saturated heterocycles. The lowest BCUT2D eigenvalue weighted by molar-refractivity contribution is 0.191. The molecule has 2 rings (SSSR count). The number of fused-ring (bicyclic) bond motifs is 1. The first-order valence-electron chi connectivity index (χ1n) is 6.20. The zero-order valence-electron chi connectivity index (χ0n) is 10.7. The van der Waals surface area contributed by atoms with E-state index >= 15 is 0 Å². The van der Waals surface area contributed by atoms with Crippen molar-refractivity contribution in [3.63, 3.8) is 0 Å². The number of unbranched alkanes of at least 4 members (excludes halogenated alkanes) is 2. The lowest BCUT2D eigenvalue weighted by Crippen LogP contribution is -1.99. The number of hydrogen-bond donors (Lipinski definition) is 1. The Kier molecular flexibility index (Phi) is 5.28. The number of nitrogens with one attached hydrogen (secondary N) is 1. The van der Waals surface area contributed by atoms with Crippen molar-refractivity contribution in [2.75, 3.05) is 13.7 Å². The number of methoxy groups -OCH3 is 1. The number of imidazole rings is 1. The maximum Gasteiger partial charge on any atom is 0.178 e. The summed E-state index contributed by atoms with van der Waals surface area (Å²) in [7, 11) is 1.72. The van der Waals surface area contributed by atoms with Gasteiger partial charge in [0.1, 0.15) is 0 Å². The standard InChI is InChI=1S/C13H16Cl2N2OS/c1-18-6-4-2-3-5-17-12-8-10(15)9(14)7-11(12)16-13(17)19/h7-8H,2-6H2,1H3,(H,16,19). The van der Waals surface area contributed by atoms with E-state index < -0.39 is 0 Å². The van der Waals surface area contributed by atoms with Gasteiger partial charge in [-0.3, -0.25) is 0 Å². The highest BCUT2D eigenvalue weighted by Gasteiger charge is 2.07. The van der Waals surface area contributed by atoms with Gasteiger partial charge in [0.05, 0.1) is 21.1 Å². The van der Waals surface area contributed by atoms with Crippen LogP contribution in [-0.2, 0) is 11.3 Å². The van der Waals surface area contributed by atoms with Crippen LogP contribution in [0.25, 0.3) is 11.0 Å². The van der Waals surface area contributed by atoms with Crippen LogP contribution in [0.5, 0.6) is 0 Å². The molecule has 104 valence electrons. The first-order valence-corrected chi connectivity index (χ1v) is 7.36. The molecule has 0 fully saturated rings. The Hall–Kier alpha value is -0.550. The molecule has 0 amide bonds. The van der Waals surface area contributed by atoms with Crippen LogP contribution in [0.4, 0.5) is 0 Å². The van der Waals surface area contributed by atoms with Gasteiger partial charge in [0.25, 0.3) is 0 Å². The van der Waals surface area contributed by atoms with E-state index in [1.807, 2.05) is 12.1 Å². The molecule has 0 aliphatic carbocycles. The smallest absolute Gasteiger partial charge is 0.178 e. The molecule has 0 unspecified atom stereocenters. The van der Waals surface area contributed by atoms with Crippen LogP contribution >= 0.6 is 35.4 Å². The summed E-state index contributed by atoms with van der Waals surface area (Å²) in [6, 6.07) is 3.68. The molecule has 2 aromatic rings. The first kappa shape index (κ1) is 14.9. The zero-order chi connectivity index (χ0) is 13.8. The highest BCUT2D eigenvalue weighted by atomic mass is 35.5. The highest BCUT2D eigenvalue weighted by Crippen LogP contribution is 2.27. The average molecular weight is 319 g/mol. The van der Waals surface area contributed by atoms with E-state index in [1.165, 1.54) is 0 Å². The Morgan fingerprint density at radius 1 is 1.21 bits per heavy atom. The SMILES string of the molecule is COCCCCCn1c(=S)[nH]c2cc(Cl)c(Cl)cc21. The second kappa shape index (κ2) is 6.75. The van der Waals surface area contributed by atoms with Gasteiger partial charge in [-0.05, 0) is 43.6 Å². The normalized spacial score (nSPS) is 11.3. The molecule has 6 heteroatoms. The minimum absolute atomic E-state index is 0.540. The van der Waals surface area contributed by atoms with Crippen molar-refractivity contribution in [2.24, 2.45) is 0 Å². The lowest BCUT2D eigenvalue weighted by Gasteiger charge is -2.05. The third-order valence-electron chi connectivity index (χ3n) is 3.05. The number of halogens is 2. The quantitative estimate of drug-likeness (QED) is 0.611. The fourth-order valence-electron chi connectivity index (χ4n) is 2.07. The van der Waals surface area contributed by atoms with Crippen LogP contribution in [0.3, 0.4) is 0 Å². The molecular formula is C13H16Cl2N2OS. The molecule has 0 aliphatic rings. The Morgan fingerprint density at radius 3 is 2.68 bits per heavy atom. The van der Waals surface area contributed by atoms with Crippen molar-refractivity contribution >= 4 is 46.5 Å². The van der Waals surface area contributed by atoms with Crippen LogP contribution in [0, 0.1) is 4.77 Å². The number of aromatic amines is 1. The number of benzene rings is 1. The Labute approximate surface area is 127 Å².